The molecule has 0 saturated carbocycles. The van der Waals surface area contributed by atoms with Crippen molar-refractivity contribution in [3.63, 3.8) is 0 Å². The molecule has 1 N–H and O–H groups in total. The fraction of sp³-hybridized carbons (Fsp3) is 0.500. The van der Waals surface area contributed by atoms with E-state index in [-0.39, 0.29) is 5.69 Å². The second kappa shape index (κ2) is 5.19. The number of ether oxygens (including phenoxy) is 1. The van der Waals surface area contributed by atoms with Gasteiger partial charge in [-0.2, -0.15) is 0 Å². The lowest BCUT2D eigenvalue weighted by molar-refractivity contribution is 0.0364. The molecule has 0 spiro atoms. The van der Waals surface area contributed by atoms with E-state index in [1.807, 2.05) is 29.7 Å². The van der Waals surface area contributed by atoms with Crippen molar-refractivity contribution in [3.05, 3.63) is 34.2 Å². The summed E-state index contributed by atoms with van der Waals surface area (Å²) in [6.07, 6.45) is 0. The number of hydrogen-bond donors (Lipinski definition) is 1. The molecule has 5 heteroatoms. The molecule has 0 bridgehead atoms. The zero-order chi connectivity index (χ0) is 13.2. The number of aromatic nitrogens is 2. The first-order valence-corrected chi connectivity index (χ1v) is 6.74. The average Bonchev–Trinajstić information content (AvgIpc) is 2.75. The molecule has 2 aromatic rings. The molecule has 0 amide bonds. The van der Waals surface area contributed by atoms with Crippen LogP contribution < -0.4 is 5.69 Å². The number of hydrogen-bond acceptors (Lipinski definition) is 3. The third-order valence-corrected chi connectivity index (χ3v) is 3.74. The van der Waals surface area contributed by atoms with Gasteiger partial charge in [0.25, 0.3) is 0 Å². The van der Waals surface area contributed by atoms with Crippen LogP contribution in [0.4, 0.5) is 0 Å². The number of H-pyrrole nitrogens is 1. The lowest BCUT2D eigenvalue weighted by Crippen LogP contribution is -2.39. The van der Waals surface area contributed by atoms with E-state index in [2.05, 4.69) is 9.88 Å². The maximum Gasteiger partial charge on any atom is 0.326 e. The van der Waals surface area contributed by atoms with Crippen LogP contribution in [0.2, 0.25) is 0 Å². The molecule has 1 fully saturated rings. The van der Waals surface area contributed by atoms with E-state index in [4.69, 9.17) is 4.74 Å². The molecule has 0 radical (unpaired) electrons. The van der Waals surface area contributed by atoms with Gasteiger partial charge in [-0.25, -0.2) is 4.79 Å². The third-order valence-electron chi connectivity index (χ3n) is 3.74. The Kier molecular flexibility index (Phi) is 3.40. The molecule has 1 saturated heterocycles. The second-order valence-electron chi connectivity index (χ2n) is 5.01. The Hall–Kier alpha value is -1.59. The quantitative estimate of drug-likeness (QED) is 0.895. The number of morpholine rings is 1. The first-order chi connectivity index (χ1) is 9.25. The number of nitrogens with zero attached hydrogens (tertiary/aromatic N) is 2. The van der Waals surface area contributed by atoms with E-state index >= 15 is 0 Å². The average molecular weight is 261 g/mol. The molecule has 1 aromatic heterocycles. The van der Waals surface area contributed by atoms with Gasteiger partial charge in [-0.05, 0) is 18.6 Å². The maximum absolute atomic E-state index is 12.0. The summed E-state index contributed by atoms with van der Waals surface area (Å²) >= 11 is 0. The van der Waals surface area contributed by atoms with Gasteiger partial charge in [0.2, 0.25) is 0 Å². The molecular weight excluding hydrogens is 242 g/mol. The molecule has 1 aromatic carbocycles. The molecule has 1 aliphatic rings. The first kappa shape index (κ1) is 12.4. The SMILES string of the molecule is Cc1cccc2[nH]c(=O)n(CCN3CCOCC3)c12. The van der Waals surface area contributed by atoms with E-state index in [1.54, 1.807) is 0 Å². The van der Waals surface area contributed by atoms with Crippen molar-refractivity contribution in [2.75, 3.05) is 32.8 Å². The van der Waals surface area contributed by atoms with Gasteiger partial charge in [0, 0.05) is 26.2 Å². The first-order valence-electron chi connectivity index (χ1n) is 6.74. The van der Waals surface area contributed by atoms with Crippen molar-refractivity contribution in [2.24, 2.45) is 0 Å². The monoisotopic (exact) mass is 261 g/mol. The van der Waals surface area contributed by atoms with E-state index in [0.717, 1.165) is 56.0 Å². The van der Waals surface area contributed by atoms with Crippen molar-refractivity contribution >= 4 is 11.0 Å². The summed E-state index contributed by atoms with van der Waals surface area (Å²) in [6, 6.07) is 5.97. The van der Waals surface area contributed by atoms with Crippen LogP contribution in [0.25, 0.3) is 11.0 Å². The number of aryl methyl sites for hydroxylation is 1. The van der Waals surface area contributed by atoms with Crippen molar-refractivity contribution in [2.45, 2.75) is 13.5 Å². The van der Waals surface area contributed by atoms with E-state index in [0.29, 0.717) is 0 Å². The van der Waals surface area contributed by atoms with E-state index in [1.165, 1.54) is 0 Å². The molecule has 0 aliphatic carbocycles. The van der Waals surface area contributed by atoms with Gasteiger partial charge in [0.15, 0.2) is 0 Å². The second-order valence-corrected chi connectivity index (χ2v) is 5.01. The number of fused-ring (bicyclic) bond motifs is 1. The molecule has 2 heterocycles. The number of rotatable bonds is 3. The maximum atomic E-state index is 12.0. The summed E-state index contributed by atoms with van der Waals surface area (Å²) in [5.74, 6) is 0. The lowest BCUT2D eigenvalue weighted by atomic mass is 10.2. The molecule has 1 aliphatic heterocycles. The van der Waals surface area contributed by atoms with Gasteiger partial charge >= 0.3 is 5.69 Å². The zero-order valence-electron chi connectivity index (χ0n) is 11.2. The number of benzene rings is 1. The molecule has 3 rings (SSSR count). The zero-order valence-corrected chi connectivity index (χ0v) is 11.2. The fourth-order valence-electron chi connectivity index (χ4n) is 2.68. The summed E-state index contributed by atoms with van der Waals surface area (Å²) in [5, 5.41) is 0. The van der Waals surface area contributed by atoms with Gasteiger partial charge < -0.3 is 9.72 Å². The number of aromatic amines is 1. The summed E-state index contributed by atoms with van der Waals surface area (Å²) in [5.41, 5.74) is 3.07. The van der Waals surface area contributed by atoms with Crippen LogP contribution in [0, 0.1) is 6.92 Å². The van der Waals surface area contributed by atoms with Crippen LogP contribution >= 0.6 is 0 Å². The highest BCUT2D eigenvalue weighted by Crippen LogP contribution is 2.14. The van der Waals surface area contributed by atoms with Crippen LogP contribution in [0.5, 0.6) is 0 Å². The lowest BCUT2D eigenvalue weighted by Gasteiger charge is -2.26. The van der Waals surface area contributed by atoms with Crippen LogP contribution in [0.1, 0.15) is 5.56 Å². The minimum absolute atomic E-state index is 0.0161. The Morgan fingerprint density at radius 1 is 1.26 bits per heavy atom. The van der Waals surface area contributed by atoms with Gasteiger partial charge in [0.05, 0.1) is 24.2 Å². The normalized spacial score (nSPS) is 17.1. The van der Waals surface area contributed by atoms with Crippen LogP contribution in [-0.2, 0) is 11.3 Å². The Balaban J connectivity index is 1.84. The summed E-state index contributed by atoms with van der Waals surface area (Å²) < 4.78 is 7.18. The van der Waals surface area contributed by atoms with Crippen molar-refractivity contribution in [1.29, 1.82) is 0 Å². The van der Waals surface area contributed by atoms with Crippen molar-refractivity contribution < 1.29 is 4.74 Å². The highest BCUT2D eigenvalue weighted by molar-refractivity contribution is 5.78. The number of para-hydroxylation sites is 1. The standard InChI is InChI=1S/C14H19N3O2/c1-11-3-2-4-12-13(11)17(14(18)15-12)6-5-16-7-9-19-10-8-16/h2-4H,5-10H2,1H3,(H,15,18). The van der Waals surface area contributed by atoms with Gasteiger partial charge in [-0.15, -0.1) is 0 Å². The minimum Gasteiger partial charge on any atom is -0.379 e. The largest absolute Gasteiger partial charge is 0.379 e. The molecule has 5 nitrogen and oxygen atoms in total. The van der Waals surface area contributed by atoms with Crippen LogP contribution in [0.15, 0.2) is 23.0 Å². The Morgan fingerprint density at radius 3 is 2.84 bits per heavy atom. The molecule has 0 atom stereocenters. The van der Waals surface area contributed by atoms with E-state index in [9.17, 15) is 4.79 Å². The molecule has 102 valence electrons. The summed E-state index contributed by atoms with van der Waals surface area (Å²) in [4.78, 5) is 17.3. The minimum atomic E-state index is -0.0161. The fourth-order valence-corrected chi connectivity index (χ4v) is 2.68. The topological polar surface area (TPSA) is 50.3 Å². The third kappa shape index (κ3) is 2.43. The van der Waals surface area contributed by atoms with Crippen molar-refractivity contribution in [1.82, 2.24) is 14.5 Å². The number of imidazole rings is 1. The molecule has 19 heavy (non-hydrogen) atoms. The predicted octanol–water partition coefficient (Wildman–Crippen LogP) is 0.970. The van der Waals surface area contributed by atoms with Gasteiger partial charge in [0.1, 0.15) is 0 Å². The van der Waals surface area contributed by atoms with E-state index < -0.39 is 0 Å². The smallest absolute Gasteiger partial charge is 0.326 e. The van der Waals surface area contributed by atoms with Crippen LogP contribution in [-0.4, -0.2) is 47.3 Å². The van der Waals surface area contributed by atoms with Crippen molar-refractivity contribution in [3.8, 4) is 0 Å². The molecular formula is C14H19N3O2. The summed E-state index contributed by atoms with van der Waals surface area (Å²) in [7, 11) is 0. The Labute approximate surface area is 111 Å². The van der Waals surface area contributed by atoms with Crippen LogP contribution in [0.3, 0.4) is 0 Å². The predicted molar refractivity (Wildman–Crippen MR) is 74.6 cm³/mol. The summed E-state index contributed by atoms with van der Waals surface area (Å²) in [6.45, 7) is 7.16. The Morgan fingerprint density at radius 2 is 2.05 bits per heavy atom. The highest BCUT2D eigenvalue weighted by atomic mass is 16.5. The van der Waals surface area contributed by atoms with Gasteiger partial charge in [-0.3, -0.25) is 9.47 Å². The van der Waals surface area contributed by atoms with Gasteiger partial charge in [-0.1, -0.05) is 12.1 Å². The highest BCUT2D eigenvalue weighted by Gasteiger charge is 2.13. The molecule has 0 unspecified atom stereocenters. The Bertz CT molecular complexity index is 623. The number of nitrogens with one attached hydrogen (secondary N) is 1.